The summed E-state index contributed by atoms with van der Waals surface area (Å²) in [6, 6.07) is 9.13. The standard InChI is InChI=1S/C14H18N2O6/c17-12(18)8-15-6-7-21-13(19)9-16-14(20)22-10-11-4-2-1-3-5-11/h1-5,15H,6-10H2,(H,16,20)(H,17,18). The van der Waals surface area contributed by atoms with Crippen molar-refractivity contribution in [2.45, 2.75) is 6.61 Å². The Bertz CT molecular complexity index is 491. The van der Waals surface area contributed by atoms with Crippen molar-refractivity contribution >= 4 is 18.0 Å². The Morgan fingerprint density at radius 2 is 1.77 bits per heavy atom. The topological polar surface area (TPSA) is 114 Å². The number of aliphatic carboxylic acids is 1. The van der Waals surface area contributed by atoms with Gasteiger partial charge in [-0.3, -0.25) is 9.59 Å². The quantitative estimate of drug-likeness (QED) is 0.439. The van der Waals surface area contributed by atoms with Crippen LogP contribution in [-0.2, 0) is 25.7 Å². The van der Waals surface area contributed by atoms with Crippen molar-refractivity contribution in [1.82, 2.24) is 10.6 Å². The molecular weight excluding hydrogens is 292 g/mol. The third-order valence-corrected chi connectivity index (χ3v) is 2.41. The van der Waals surface area contributed by atoms with Gasteiger partial charge in [-0.1, -0.05) is 30.3 Å². The van der Waals surface area contributed by atoms with E-state index >= 15 is 0 Å². The van der Waals surface area contributed by atoms with Gasteiger partial charge in [0.1, 0.15) is 19.8 Å². The van der Waals surface area contributed by atoms with Gasteiger partial charge in [0.2, 0.25) is 0 Å². The molecule has 0 spiro atoms. The van der Waals surface area contributed by atoms with Crippen molar-refractivity contribution in [2.24, 2.45) is 0 Å². The van der Waals surface area contributed by atoms with E-state index in [-0.39, 0.29) is 32.8 Å². The fourth-order valence-electron chi connectivity index (χ4n) is 1.40. The molecule has 1 aromatic rings. The van der Waals surface area contributed by atoms with Gasteiger partial charge in [-0.15, -0.1) is 0 Å². The van der Waals surface area contributed by atoms with Gasteiger partial charge in [0, 0.05) is 6.54 Å². The predicted molar refractivity (Wildman–Crippen MR) is 76.1 cm³/mol. The average Bonchev–Trinajstić information content (AvgIpc) is 2.51. The predicted octanol–water partition coefficient (Wildman–Crippen LogP) is 0.130. The number of amides is 1. The summed E-state index contributed by atoms with van der Waals surface area (Å²) in [5, 5.41) is 13.2. The number of ether oxygens (including phenoxy) is 2. The van der Waals surface area contributed by atoms with Gasteiger partial charge in [-0.05, 0) is 5.56 Å². The van der Waals surface area contributed by atoms with Crippen LogP contribution in [0.25, 0.3) is 0 Å². The number of carboxylic acids is 1. The summed E-state index contributed by atoms with van der Waals surface area (Å²) >= 11 is 0. The Labute approximate surface area is 127 Å². The van der Waals surface area contributed by atoms with E-state index in [9.17, 15) is 14.4 Å². The van der Waals surface area contributed by atoms with E-state index in [2.05, 4.69) is 10.6 Å². The maximum atomic E-state index is 11.4. The smallest absolute Gasteiger partial charge is 0.407 e. The molecule has 8 heteroatoms. The minimum Gasteiger partial charge on any atom is -0.480 e. The summed E-state index contributed by atoms with van der Waals surface area (Å²) in [4.78, 5) is 32.8. The zero-order chi connectivity index (χ0) is 16.2. The normalized spacial score (nSPS) is 9.82. The van der Waals surface area contributed by atoms with Gasteiger partial charge in [0.15, 0.2) is 0 Å². The highest BCUT2D eigenvalue weighted by Gasteiger charge is 2.07. The highest BCUT2D eigenvalue weighted by molar-refractivity contribution is 5.77. The van der Waals surface area contributed by atoms with Crippen LogP contribution in [0, 0.1) is 0 Å². The van der Waals surface area contributed by atoms with Crippen molar-refractivity contribution in [3.63, 3.8) is 0 Å². The Morgan fingerprint density at radius 1 is 1.05 bits per heavy atom. The number of nitrogens with one attached hydrogen (secondary N) is 2. The van der Waals surface area contributed by atoms with E-state index in [0.717, 1.165) is 5.56 Å². The first-order valence-corrected chi connectivity index (χ1v) is 6.60. The number of hydrogen-bond donors (Lipinski definition) is 3. The molecule has 0 fully saturated rings. The molecule has 0 aliphatic rings. The highest BCUT2D eigenvalue weighted by Crippen LogP contribution is 2.00. The van der Waals surface area contributed by atoms with E-state index in [4.69, 9.17) is 14.6 Å². The van der Waals surface area contributed by atoms with Gasteiger partial charge in [-0.25, -0.2) is 4.79 Å². The van der Waals surface area contributed by atoms with Crippen LogP contribution in [0.15, 0.2) is 30.3 Å². The molecule has 0 aliphatic heterocycles. The molecule has 22 heavy (non-hydrogen) atoms. The van der Waals surface area contributed by atoms with Crippen LogP contribution in [0.4, 0.5) is 4.79 Å². The molecule has 0 unspecified atom stereocenters. The minimum absolute atomic E-state index is 0.0207. The first-order valence-electron chi connectivity index (χ1n) is 6.60. The summed E-state index contributed by atoms with van der Waals surface area (Å²) < 4.78 is 9.68. The maximum Gasteiger partial charge on any atom is 0.407 e. The fourth-order valence-corrected chi connectivity index (χ4v) is 1.40. The highest BCUT2D eigenvalue weighted by atomic mass is 16.6. The average molecular weight is 310 g/mol. The van der Waals surface area contributed by atoms with Crippen molar-refractivity contribution in [1.29, 1.82) is 0 Å². The number of carboxylic acid groups (broad SMARTS) is 1. The van der Waals surface area contributed by atoms with Gasteiger partial charge < -0.3 is 25.2 Å². The molecule has 8 nitrogen and oxygen atoms in total. The van der Waals surface area contributed by atoms with Crippen molar-refractivity contribution in [3.8, 4) is 0 Å². The van der Waals surface area contributed by atoms with Gasteiger partial charge >= 0.3 is 18.0 Å². The summed E-state index contributed by atoms with van der Waals surface area (Å²) in [5.74, 6) is -1.62. The summed E-state index contributed by atoms with van der Waals surface area (Å²) in [5.41, 5.74) is 0.838. The monoisotopic (exact) mass is 310 g/mol. The van der Waals surface area contributed by atoms with Crippen molar-refractivity contribution < 1.29 is 29.0 Å². The molecule has 120 valence electrons. The summed E-state index contributed by atoms with van der Waals surface area (Å²) in [6.07, 6.45) is -0.718. The molecule has 0 saturated carbocycles. The number of esters is 1. The first-order chi connectivity index (χ1) is 10.6. The third kappa shape index (κ3) is 8.54. The Morgan fingerprint density at radius 3 is 2.45 bits per heavy atom. The first kappa shape index (κ1) is 17.4. The number of carbonyl (C=O) groups excluding carboxylic acids is 2. The molecule has 1 rings (SSSR count). The molecule has 0 saturated heterocycles. The zero-order valence-corrected chi connectivity index (χ0v) is 11.9. The second-order valence-electron chi connectivity index (χ2n) is 4.21. The second kappa shape index (κ2) is 10.2. The lowest BCUT2D eigenvalue weighted by Gasteiger charge is -2.07. The Kier molecular flexibility index (Phi) is 8.06. The largest absolute Gasteiger partial charge is 0.480 e. The minimum atomic E-state index is -0.992. The molecule has 0 aromatic heterocycles. The number of alkyl carbamates (subject to hydrolysis) is 1. The van der Waals surface area contributed by atoms with E-state index in [1.807, 2.05) is 30.3 Å². The number of carbonyl (C=O) groups is 3. The van der Waals surface area contributed by atoms with Crippen LogP contribution in [0.3, 0.4) is 0 Å². The molecule has 3 N–H and O–H groups in total. The van der Waals surface area contributed by atoms with Gasteiger partial charge in [0.25, 0.3) is 0 Å². The van der Waals surface area contributed by atoms with E-state index < -0.39 is 18.0 Å². The lowest BCUT2D eigenvalue weighted by Crippen LogP contribution is -2.33. The SMILES string of the molecule is O=C(O)CNCCOC(=O)CNC(=O)OCc1ccccc1. The van der Waals surface area contributed by atoms with Crippen molar-refractivity contribution in [2.75, 3.05) is 26.2 Å². The summed E-state index contributed by atoms with van der Waals surface area (Å²) in [6.45, 7) is -0.168. The van der Waals surface area contributed by atoms with E-state index in [0.29, 0.717) is 0 Å². The fraction of sp³-hybridized carbons (Fsp3) is 0.357. The number of benzene rings is 1. The van der Waals surface area contributed by atoms with E-state index in [1.165, 1.54) is 0 Å². The van der Waals surface area contributed by atoms with Crippen molar-refractivity contribution in [3.05, 3.63) is 35.9 Å². The molecule has 0 bridgehead atoms. The molecule has 0 aliphatic carbocycles. The molecule has 1 amide bonds. The Hall–Kier alpha value is -2.61. The summed E-state index contributed by atoms with van der Waals surface area (Å²) in [7, 11) is 0. The number of rotatable bonds is 9. The van der Waals surface area contributed by atoms with Gasteiger partial charge in [0.05, 0.1) is 6.54 Å². The van der Waals surface area contributed by atoms with Crippen LogP contribution in [-0.4, -0.2) is 49.4 Å². The molecule has 1 aromatic carbocycles. The second-order valence-corrected chi connectivity index (χ2v) is 4.21. The van der Waals surface area contributed by atoms with Crippen LogP contribution in [0.2, 0.25) is 0 Å². The van der Waals surface area contributed by atoms with E-state index in [1.54, 1.807) is 0 Å². The van der Waals surface area contributed by atoms with Crippen LogP contribution >= 0.6 is 0 Å². The van der Waals surface area contributed by atoms with Crippen LogP contribution in [0.1, 0.15) is 5.56 Å². The zero-order valence-electron chi connectivity index (χ0n) is 11.9. The molecule has 0 atom stereocenters. The van der Waals surface area contributed by atoms with Gasteiger partial charge in [-0.2, -0.15) is 0 Å². The van der Waals surface area contributed by atoms with Crippen LogP contribution < -0.4 is 10.6 Å². The van der Waals surface area contributed by atoms with Crippen LogP contribution in [0.5, 0.6) is 0 Å². The third-order valence-electron chi connectivity index (χ3n) is 2.41. The molecule has 0 heterocycles. The lowest BCUT2D eigenvalue weighted by molar-refractivity contribution is -0.142. The maximum absolute atomic E-state index is 11.4. The molecular formula is C14H18N2O6. The Balaban J connectivity index is 2.05. The number of hydrogen-bond acceptors (Lipinski definition) is 6. The lowest BCUT2D eigenvalue weighted by atomic mass is 10.2. The molecule has 0 radical (unpaired) electrons.